The highest BCUT2D eigenvalue weighted by Gasteiger charge is 2.37. The Kier molecular flexibility index (Phi) is 5.09. The van der Waals surface area contributed by atoms with E-state index < -0.39 is 0 Å². The molecular weight excluding hydrogens is 436 g/mol. The predicted octanol–water partition coefficient (Wildman–Crippen LogP) is 10.1. The van der Waals surface area contributed by atoms with Crippen LogP contribution in [0.2, 0.25) is 0 Å². The maximum atomic E-state index is 6.36. The van der Waals surface area contributed by atoms with Crippen LogP contribution in [0.5, 0.6) is 0 Å². The van der Waals surface area contributed by atoms with Crippen LogP contribution in [0.25, 0.3) is 38.3 Å². The Labute approximate surface area is 213 Å². The fraction of sp³-hybridized carbons (Fsp3) is 0.200. The molecule has 1 nitrogen and oxygen atoms in total. The van der Waals surface area contributed by atoms with Gasteiger partial charge in [-0.2, -0.15) is 0 Å². The molecule has 1 aromatic heterocycles. The molecule has 6 rings (SSSR count). The molecule has 0 bridgehead atoms. The molecule has 178 valence electrons. The molecule has 0 saturated carbocycles. The van der Waals surface area contributed by atoms with Crippen molar-refractivity contribution in [2.45, 2.75) is 46.0 Å². The molecule has 2 aliphatic carbocycles. The van der Waals surface area contributed by atoms with Crippen molar-refractivity contribution in [3.8, 4) is 0 Å². The summed E-state index contributed by atoms with van der Waals surface area (Å²) in [6, 6.07) is 17.4. The van der Waals surface area contributed by atoms with Gasteiger partial charge in [-0.05, 0) is 107 Å². The summed E-state index contributed by atoms with van der Waals surface area (Å²) in [5, 5.41) is 4.68. The van der Waals surface area contributed by atoms with Crippen molar-refractivity contribution in [3.63, 3.8) is 0 Å². The van der Waals surface area contributed by atoms with Crippen LogP contribution in [-0.4, -0.2) is 0 Å². The van der Waals surface area contributed by atoms with Crippen LogP contribution in [0, 0.1) is 0 Å². The lowest BCUT2D eigenvalue weighted by Crippen LogP contribution is -2.14. The van der Waals surface area contributed by atoms with Gasteiger partial charge in [0.15, 0.2) is 0 Å². The first kappa shape index (κ1) is 22.6. The Morgan fingerprint density at radius 3 is 2.58 bits per heavy atom. The van der Waals surface area contributed by atoms with E-state index in [1.165, 1.54) is 44.2 Å². The average Bonchev–Trinajstić information content (AvgIpc) is 3.33. The van der Waals surface area contributed by atoms with Crippen LogP contribution in [-0.2, 0) is 5.41 Å². The number of fused-ring (bicyclic) bond motifs is 6. The van der Waals surface area contributed by atoms with Gasteiger partial charge in [0.05, 0.1) is 0 Å². The Hall–Kier alpha value is -3.84. The highest BCUT2D eigenvalue weighted by atomic mass is 16.3. The third-order valence-electron chi connectivity index (χ3n) is 8.20. The van der Waals surface area contributed by atoms with Crippen LogP contribution in [0.15, 0.2) is 118 Å². The maximum Gasteiger partial charge on any atom is 0.143 e. The van der Waals surface area contributed by atoms with Crippen molar-refractivity contribution in [2.75, 3.05) is 0 Å². The summed E-state index contributed by atoms with van der Waals surface area (Å²) in [6.07, 6.45) is 11.0. The maximum absolute atomic E-state index is 6.36. The number of hydrogen-bond donors (Lipinski definition) is 0. The van der Waals surface area contributed by atoms with Crippen molar-refractivity contribution in [1.29, 1.82) is 0 Å². The molecule has 0 atom stereocenters. The highest BCUT2D eigenvalue weighted by Crippen LogP contribution is 2.51. The van der Waals surface area contributed by atoms with Crippen molar-refractivity contribution < 1.29 is 4.42 Å². The van der Waals surface area contributed by atoms with Gasteiger partial charge in [-0.1, -0.05) is 69.5 Å². The minimum atomic E-state index is -0.167. The Morgan fingerprint density at radius 1 is 1.00 bits per heavy atom. The molecule has 2 aliphatic rings. The quantitative estimate of drug-likeness (QED) is 0.291. The monoisotopic (exact) mass is 468 g/mol. The summed E-state index contributed by atoms with van der Waals surface area (Å²) in [4.78, 5) is 0. The van der Waals surface area contributed by atoms with Gasteiger partial charge < -0.3 is 4.42 Å². The summed E-state index contributed by atoms with van der Waals surface area (Å²) in [6.45, 7) is 17.9. The second-order valence-corrected chi connectivity index (χ2v) is 10.7. The lowest BCUT2D eigenvalue weighted by Gasteiger charge is -2.21. The van der Waals surface area contributed by atoms with E-state index in [1.807, 2.05) is 12.1 Å². The number of para-hydroxylation sites is 1. The van der Waals surface area contributed by atoms with Crippen LogP contribution >= 0.6 is 0 Å². The minimum Gasteiger partial charge on any atom is -0.455 e. The fourth-order valence-corrected chi connectivity index (χ4v) is 5.95. The zero-order chi connectivity index (χ0) is 25.2. The molecule has 1 heterocycles. The normalized spacial score (nSPS) is 18.7. The van der Waals surface area contributed by atoms with E-state index in [-0.39, 0.29) is 5.41 Å². The fourth-order valence-electron chi connectivity index (χ4n) is 5.95. The van der Waals surface area contributed by atoms with Crippen LogP contribution < -0.4 is 0 Å². The Morgan fingerprint density at radius 2 is 1.81 bits per heavy atom. The first-order valence-electron chi connectivity index (χ1n) is 12.8. The third kappa shape index (κ3) is 3.30. The van der Waals surface area contributed by atoms with E-state index in [9.17, 15) is 0 Å². The number of allylic oxidation sites excluding steroid dienone is 10. The summed E-state index contributed by atoms with van der Waals surface area (Å²) in [7, 11) is 0. The molecule has 0 N–H and O–H groups in total. The van der Waals surface area contributed by atoms with E-state index in [1.54, 1.807) is 0 Å². The van der Waals surface area contributed by atoms with Crippen molar-refractivity contribution >= 4 is 38.3 Å². The summed E-state index contributed by atoms with van der Waals surface area (Å²) >= 11 is 0. The van der Waals surface area contributed by atoms with Gasteiger partial charge in [0, 0.05) is 21.6 Å². The van der Waals surface area contributed by atoms with Gasteiger partial charge in [-0.15, -0.1) is 0 Å². The minimum absolute atomic E-state index is 0.167. The summed E-state index contributed by atoms with van der Waals surface area (Å²) in [5.41, 5.74) is 11.8. The number of furan rings is 1. The van der Waals surface area contributed by atoms with E-state index in [4.69, 9.17) is 4.42 Å². The Bertz CT molecular complexity index is 1740. The van der Waals surface area contributed by atoms with Crippen LogP contribution in [0.3, 0.4) is 0 Å². The first-order valence-corrected chi connectivity index (χ1v) is 12.8. The Balaban J connectivity index is 1.50. The van der Waals surface area contributed by atoms with Crippen LogP contribution in [0.1, 0.15) is 51.7 Å². The van der Waals surface area contributed by atoms with Gasteiger partial charge in [0.2, 0.25) is 0 Å². The molecule has 0 spiro atoms. The molecule has 0 saturated heterocycles. The van der Waals surface area contributed by atoms with Gasteiger partial charge in [-0.3, -0.25) is 0 Å². The van der Waals surface area contributed by atoms with E-state index in [0.29, 0.717) is 0 Å². The number of benzene rings is 3. The van der Waals surface area contributed by atoms with Gasteiger partial charge in [0.25, 0.3) is 0 Å². The second kappa shape index (κ2) is 8.10. The average molecular weight is 469 g/mol. The lowest BCUT2D eigenvalue weighted by atomic mass is 9.82. The molecular formula is C35H32O. The molecule has 0 fully saturated rings. The molecule has 0 amide bonds. The molecule has 0 aliphatic heterocycles. The lowest BCUT2D eigenvalue weighted by molar-refractivity contribution is 0.662. The zero-order valence-corrected chi connectivity index (χ0v) is 21.7. The predicted molar refractivity (Wildman–Crippen MR) is 155 cm³/mol. The van der Waals surface area contributed by atoms with Gasteiger partial charge in [0.1, 0.15) is 11.2 Å². The largest absolute Gasteiger partial charge is 0.455 e. The molecule has 0 unspecified atom stereocenters. The standard InChI is InChI=1S/C35H32O/c1-7-10-24-13-14-25(17-21(24)2)22(3)18-29-23(4)35(5,6)32-20-30-26(19-31(29)32)15-16-28-27-11-8-9-12-33(27)36-34(28)30/h7-12,15-20H,3-4,13-14H2,1-2,5-6H3/b10-7-,29-18+. The summed E-state index contributed by atoms with van der Waals surface area (Å²) in [5.74, 6) is 0. The topological polar surface area (TPSA) is 13.1 Å². The first-order chi connectivity index (χ1) is 17.3. The van der Waals surface area contributed by atoms with Crippen molar-refractivity contribution in [2.24, 2.45) is 0 Å². The summed E-state index contributed by atoms with van der Waals surface area (Å²) < 4.78 is 6.36. The van der Waals surface area contributed by atoms with Gasteiger partial charge in [-0.25, -0.2) is 0 Å². The third-order valence-corrected chi connectivity index (χ3v) is 8.20. The number of rotatable bonds is 3. The van der Waals surface area contributed by atoms with E-state index >= 15 is 0 Å². The number of hydrogen-bond acceptors (Lipinski definition) is 1. The zero-order valence-electron chi connectivity index (χ0n) is 21.7. The van der Waals surface area contributed by atoms with Crippen molar-refractivity contribution in [3.05, 3.63) is 125 Å². The van der Waals surface area contributed by atoms with Gasteiger partial charge >= 0.3 is 0 Å². The molecule has 36 heavy (non-hydrogen) atoms. The van der Waals surface area contributed by atoms with Crippen LogP contribution in [0.4, 0.5) is 0 Å². The molecule has 0 radical (unpaired) electrons. The molecule has 3 aromatic carbocycles. The van der Waals surface area contributed by atoms with E-state index in [2.05, 4.69) is 102 Å². The second-order valence-electron chi connectivity index (χ2n) is 10.7. The van der Waals surface area contributed by atoms with E-state index in [0.717, 1.165) is 45.9 Å². The SMILES string of the molecule is C=C(/C=C1\C(=C)C(C)(C)c2cc3c(ccc4c5ccccc5oc34)cc21)C1=CC(C)=C(/C=C\C)CC1. The van der Waals surface area contributed by atoms with Crippen molar-refractivity contribution in [1.82, 2.24) is 0 Å². The smallest absolute Gasteiger partial charge is 0.143 e. The molecule has 4 aromatic rings. The highest BCUT2D eigenvalue weighted by molar-refractivity contribution is 6.16. The molecule has 1 heteroatoms.